The molecular weight excluding hydrogens is 372 g/mol. The third kappa shape index (κ3) is 2.49. The van der Waals surface area contributed by atoms with Crippen molar-refractivity contribution >= 4 is 17.4 Å². The molecule has 0 radical (unpaired) electrons. The molecular formula is C21H16N4O2S. The number of fused-ring (bicyclic) bond motifs is 3. The summed E-state index contributed by atoms with van der Waals surface area (Å²) in [7, 11) is 3.11. The van der Waals surface area contributed by atoms with Gasteiger partial charge in [-0.3, -0.25) is 4.90 Å². The molecule has 0 amide bonds. The minimum absolute atomic E-state index is 0.338. The molecule has 0 fully saturated rings. The molecule has 0 aromatic heterocycles. The van der Waals surface area contributed by atoms with Gasteiger partial charge >= 0.3 is 0 Å². The van der Waals surface area contributed by atoms with Crippen LogP contribution in [0.1, 0.15) is 11.5 Å². The zero-order valence-electron chi connectivity index (χ0n) is 15.3. The third-order valence-corrected chi connectivity index (χ3v) is 5.98. The number of ether oxygens (including phenoxy) is 2. The number of benzene rings is 2. The Hall–Kier alpha value is -3.55. The lowest BCUT2D eigenvalue weighted by molar-refractivity contribution is 0.354. The van der Waals surface area contributed by atoms with E-state index in [1.807, 2.05) is 30.3 Å². The fourth-order valence-corrected chi connectivity index (χ4v) is 4.72. The van der Waals surface area contributed by atoms with Crippen molar-refractivity contribution in [3.63, 3.8) is 0 Å². The minimum Gasteiger partial charge on any atom is -0.493 e. The van der Waals surface area contributed by atoms with Crippen molar-refractivity contribution in [2.45, 2.75) is 10.8 Å². The maximum Gasteiger partial charge on any atom is 0.161 e. The number of hydrogen-bond donors (Lipinski definition) is 1. The fourth-order valence-electron chi connectivity index (χ4n) is 3.54. The van der Waals surface area contributed by atoms with Gasteiger partial charge in [0.05, 0.1) is 49.1 Å². The van der Waals surface area contributed by atoms with Crippen LogP contribution in [0.25, 0.3) is 0 Å². The zero-order chi connectivity index (χ0) is 19.8. The van der Waals surface area contributed by atoms with E-state index in [9.17, 15) is 10.5 Å². The number of rotatable bonds is 3. The molecule has 0 bridgehead atoms. The summed E-state index contributed by atoms with van der Waals surface area (Å²) in [5.41, 5.74) is 8.88. The van der Waals surface area contributed by atoms with Gasteiger partial charge < -0.3 is 15.2 Å². The number of thioether (sulfide) groups is 1. The van der Waals surface area contributed by atoms with E-state index in [1.54, 1.807) is 31.3 Å². The molecule has 2 aliphatic rings. The molecule has 2 aromatic rings. The predicted molar refractivity (Wildman–Crippen MR) is 107 cm³/mol. The first-order valence-electron chi connectivity index (χ1n) is 8.47. The van der Waals surface area contributed by atoms with E-state index in [0.717, 1.165) is 21.2 Å². The Balaban J connectivity index is 1.94. The first kappa shape index (κ1) is 17.8. The number of anilines is 1. The molecule has 138 valence electrons. The monoisotopic (exact) mass is 388 g/mol. The van der Waals surface area contributed by atoms with Crippen molar-refractivity contribution in [3.8, 4) is 23.6 Å². The summed E-state index contributed by atoms with van der Waals surface area (Å²) in [6, 6.07) is 17.7. The fraction of sp³-hybridized carbons (Fsp3) is 0.143. The second-order valence-corrected chi connectivity index (χ2v) is 7.22. The number of hydrogen-bond acceptors (Lipinski definition) is 7. The van der Waals surface area contributed by atoms with Crippen LogP contribution < -0.4 is 20.1 Å². The second-order valence-electron chi connectivity index (χ2n) is 6.19. The van der Waals surface area contributed by atoms with Gasteiger partial charge in [0, 0.05) is 4.90 Å². The Kier molecular flexibility index (Phi) is 4.38. The second kappa shape index (κ2) is 6.88. The van der Waals surface area contributed by atoms with Crippen LogP contribution in [0.4, 0.5) is 5.69 Å². The summed E-state index contributed by atoms with van der Waals surface area (Å²) in [6.07, 6.45) is 0. The van der Waals surface area contributed by atoms with Crippen molar-refractivity contribution < 1.29 is 9.47 Å². The smallest absolute Gasteiger partial charge is 0.161 e. The molecule has 0 aliphatic carbocycles. The number of methoxy groups -OCH3 is 2. The Labute approximate surface area is 167 Å². The Morgan fingerprint density at radius 2 is 1.71 bits per heavy atom. The normalized spacial score (nSPS) is 17.6. The topological polar surface area (TPSA) is 95.3 Å². The molecule has 7 heteroatoms. The highest BCUT2D eigenvalue weighted by Gasteiger charge is 2.40. The van der Waals surface area contributed by atoms with Crippen LogP contribution in [0, 0.1) is 22.7 Å². The van der Waals surface area contributed by atoms with Crippen LogP contribution in [-0.4, -0.2) is 14.2 Å². The van der Waals surface area contributed by atoms with Crippen molar-refractivity contribution in [3.05, 3.63) is 70.0 Å². The van der Waals surface area contributed by atoms with Crippen LogP contribution in [0.3, 0.4) is 0 Å². The lowest BCUT2D eigenvalue weighted by atomic mass is 9.83. The van der Waals surface area contributed by atoms with E-state index in [4.69, 9.17) is 15.2 Å². The number of nitrogens with two attached hydrogens (primary N) is 1. The van der Waals surface area contributed by atoms with E-state index in [0.29, 0.717) is 28.5 Å². The van der Waals surface area contributed by atoms with Gasteiger partial charge in [0.2, 0.25) is 0 Å². The van der Waals surface area contributed by atoms with Crippen molar-refractivity contribution in [1.82, 2.24) is 0 Å². The standard InChI is InChI=1S/C21H16N4O2S/c1-26-16-8-7-12(9-17(16)27-2)19-13(10-22)20(24)25-15-5-3-4-6-18(15)28-21(25)14(19)11-23/h3-9,19H,24H2,1-2H3. The van der Waals surface area contributed by atoms with E-state index in [-0.39, 0.29) is 0 Å². The maximum atomic E-state index is 10.00. The van der Waals surface area contributed by atoms with Crippen LogP contribution in [0.2, 0.25) is 0 Å². The van der Waals surface area contributed by atoms with Gasteiger partial charge in [-0.15, -0.1) is 0 Å². The molecule has 2 N–H and O–H groups in total. The Morgan fingerprint density at radius 3 is 2.39 bits per heavy atom. The maximum absolute atomic E-state index is 10.00. The SMILES string of the molecule is COc1ccc(C2C(C#N)=C(N)N3C(=C2C#N)Sc2ccccc23)cc1OC. The first-order chi connectivity index (χ1) is 13.6. The highest BCUT2D eigenvalue weighted by Crippen LogP contribution is 2.54. The highest BCUT2D eigenvalue weighted by atomic mass is 32.2. The molecule has 2 heterocycles. The Morgan fingerprint density at radius 1 is 1.00 bits per heavy atom. The summed E-state index contributed by atoms with van der Waals surface area (Å²) in [5, 5.41) is 20.6. The molecule has 6 nitrogen and oxygen atoms in total. The van der Waals surface area contributed by atoms with Crippen molar-refractivity contribution in [2.24, 2.45) is 5.73 Å². The quantitative estimate of drug-likeness (QED) is 0.853. The zero-order valence-corrected chi connectivity index (χ0v) is 16.1. The van der Waals surface area contributed by atoms with Crippen LogP contribution >= 0.6 is 11.8 Å². The van der Waals surface area contributed by atoms with Gasteiger partial charge in [-0.1, -0.05) is 30.0 Å². The molecule has 2 aromatic carbocycles. The van der Waals surface area contributed by atoms with Gasteiger partial charge in [0.25, 0.3) is 0 Å². The van der Waals surface area contributed by atoms with Gasteiger partial charge in [-0.2, -0.15) is 10.5 Å². The van der Waals surface area contributed by atoms with Crippen LogP contribution in [0.15, 0.2) is 69.4 Å². The van der Waals surface area contributed by atoms with Crippen molar-refractivity contribution in [1.29, 1.82) is 10.5 Å². The lowest BCUT2D eigenvalue weighted by Crippen LogP contribution is -2.32. The average Bonchev–Trinajstić information content (AvgIpc) is 3.12. The number of allylic oxidation sites excluding steroid dienone is 2. The summed E-state index contributed by atoms with van der Waals surface area (Å²) >= 11 is 1.49. The molecule has 0 saturated heterocycles. The van der Waals surface area contributed by atoms with Gasteiger partial charge in [-0.05, 0) is 29.8 Å². The van der Waals surface area contributed by atoms with Gasteiger partial charge in [0.15, 0.2) is 11.5 Å². The van der Waals surface area contributed by atoms with Crippen LogP contribution in [-0.2, 0) is 0 Å². The summed E-state index contributed by atoms with van der Waals surface area (Å²) in [4.78, 5) is 2.80. The summed E-state index contributed by atoms with van der Waals surface area (Å²) in [5.74, 6) is 0.882. The molecule has 0 saturated carbocycles. The van der Waals surface area contributed by atoms with E-state index < -0.39 is 5.92 Å². The largest absolute Gasteiger partial charge is 0.493 e. The molecule has 28 heavy (non-hydrogen) atoms. The Bertz CT molecular complexity index is 1120. The third-order valence-electron chi connectivity index (χ3n) is 4.82. The molecule has 0 spiro atoms. The lowest BCUT2D eigenvalue weighted by Gasteiger charge is -2.31. The van der Waals surface area contributed by atoms with Gasteiger partial charge in [-0.25, -0.2) is 0 Å². The minimum atomic E-state index is -0.567. The number of para-hydroxylation sites is 1. The highest BCUT2D eigenvalue weighted by molar-refractivity contribution is 8.03. The molecule has 4 rings (SSSR count). The summed E-state index contributed by atoms with van der Waals surface area (Å²) < 4.78 is 10.7. The first-order valence-corrected chi connectivity index (χ1v) is 9.29. The van der Waals surface area contributed by atoms with E-state index in [1.165, 1.54) is 11.8 Å². The number of nitrogens with zero attached hydrogens (tertiary/aromatic N) is 3. The molecule has 1 atom stereocenters. The number of nitriles is 2. The van der Waals surface area contributed by atoms with E-state index in [2.05, 4.69) is 12.1 Å². The summed E-state index contributed by atoms with van der Waals surface area (Å²) in [6.45, 7) is 0. The average molecular weight is 388 g/mol. The van der Waals surface area contributed by atoms with Crippen LogP contribution in [0.5, 0.6) is 11.5 Å². The van der Waals surface area contributed by atoms with Gasteiger partial charge in [0.1, 0.15) is 10.9 Å². The van der Waals surface area contributed by atoms with E-state index >= 15 is 0 Å². The molecule has 1 unspecified atom stereocenters. The molecule has 2 aliphatic heterocycles. The predicted octanol–water partition coefficient (Wildman–Crippen LogP) is 3.84. The van der Waals surface area contributed by atoms with Crippen molar-refractivity contribution in [2.75, 3.05) is 19.1 Å².